The Morgan fingerprint density at radius 3 is 3.07 bits per heavy atom. The molecule has 0 saturated carbocycles. The highest BCUT2D eigenvalue weighted by atomic mass is 16.5. The summed E-state index contributed by atoms with van der Waals surface area (Å²) in [6.07, 6.45) is 1.47. The van der Waals surface area contributed by atoms with Crippen LogP contribution < -0.4 is 20.5 Å². The van der Waals surface area contributed by atoms with E-state index in [1.54, 1.807) is 36.2 Å². The van der Waals surface area contributed by atoms with E-state index in [0.717, 1.165) is 0 Å². The van der Waals surface area contributed by atoms with Crippen molar-refractivity contribution in [2.45, 2.75) is 25.3 Å². The SMILES string of the molecule is COc1ccc2cc1OCCn1cc(nn1)CO[C@H]1CN(CC(N)=O)C[C@@H]1NC2=O. The lowest BCUT2D eigenvalue weighted by atomic mass is 10.1. The number of ether oxygens (including phenoxy) is 3. The summed E-state index contributed by atoms with van der Waals surface area (Å²) in [5.41, 5.74) is 6.44. The molecule has 3 N–H and O–H groups in total. The second-order valence-corrected chi connectivity index (χ2v) is 7.28. The number of nitrogens with zero attached hydrogens (tertiary/aromatic N) is 4. The fraction of sp³-hybridized carbons (Fsp3) is 0.474. The fourth-order valence-corrected chi connectivity index (χ4v) is 3.65. The van der Waals surface area contributed by atoms with Crippen LogP contribution in [0.4, 0.5) is 0 Å². The number of methoxy groups -OCH3 is 1. The first-order valence-electron chi connectivity index (χ1n) is 9.65. The summed E-state index contributed by atoms with van der Waals surface area (Å²) in [5, 5.41) is 11.2. The van der Waals surface area contributed by atoms with Gasteiger partial charge in [-0.1, -0.05) is 5.21 Å². The maximum atomic E-state index is 12.9. The Hall–Kier alpha value is -3.18. The number of amides is 2. The lowest BCUT2D eigenvalue weighted by Gasteiger charge is -2.20. The van der Waals surface area contributed by atoms with Gasteiger partial charge >= 0.3 is 0 Å². The van der Waals surface area contributed by atoms with Crippen molar-refractivity contribution in [1.29, 1.82) is 0 Å². The number of hydrogen-bond acceptors (Lipinski definition) is 8. The van der Waals surface area contributed by atoms with Crippen molar-refractivity contribution in [3.05, 3.63) is 35.7 Å². The number of rotatable bonds is 3. The average Bonchev–Trinajstić information content (AvgIpc) is 3.31. The van der Waals surface area contributed by atoms with Gasteiger partial charge in [-0.05, 0) is 18.2 Å². The summed E-state index contributed by atoms with van der Waals surface area (Å²) in [6.45, 7) is 2.07. The fourth-order valence-electron chi connectivity index (χ4n) is 3.65. The molecule has 4 rings (SSSR count). The number of nitrogens with two attached hydrogens (primary N) is 1. The molecule has 0 spiro atoms. The normalized spacial score (nSPS) is 22.2. The maximum absolute atomic E-state index is 12.9. The van der Waals surface area contributed by atoms with Crippen molar-refractivity contribution in [1.82, 2.24) is 25.2 Å². The largest absolute Gasteiger partial charge is 0.493 e. The molecule has 3 heterocycles. The predicted molar refractivity (Wildman–Crippen MR) is 104 cm³/mol. The third-order valence-corrected chi connectivity index (χ3v) is 5.07. The molecule has 1 aromatic carbocycles. The molecule has 160 valence electrons. The number of hydrogen-bond donors (Lipinski definition) is 2. The number of fused-ring (bicyclic) bond motifs is 5. The van der Waals surface area contributed by atoms with Crippen LogP contribution in [0.1, 0.15) is 16.1 Å². The van der Waals surface area contributed by atoms with E-state index >= 15 is 0 Å². The van der Waals surface area contributed by atoms with Crippen LogP contribution in [0, 0.1) is 0 Å². The molecule has 2 aliphatic heterocycles. The van der Waals surface area contributed by atoms with Gasteiger partial charge in [-0.25, -0.2) is 4.68 Å². The Morgan fingerprint density at radius 1 is 1.40 bits per heavy atom. The predicted octanol–water partition coefficient (Wildman–Crippen LogP) is -0.836. The standard InChI is InChI=1S/C19H24N6O5/c1-28-15-3-2-12-6-16(15)29-5-4-25-7-13(22-23-25)11-30-17-9-24(10-18(20)26)8-14(17)21-19(12)27/h2-3,6-7,14,17H,4-5,8-11H2,1H3,(H2,20,26)(H,21,27)/t14-,17-/m0/s1. The van der Waals surface area contributed by atoms with Crippen LogP contribution in [0.15, 0.2) is 24.4 Å². The van der Waals surface area contributed by atoms with Gasteiger partial charge in [0.25, 0.3) is 5.91 Å². The molecule has 2 atom stereocenters. The third kappa shape index (κ3) is 4.52. The van der Waals surface area contributed by atoms with Crippen LogP contribution in [-0.4, -0.2) is 77.2 Å². The Labute approximate surface area is 173 Å². The summed E-state index contributed by atoms with van der Waals surface area (Å²) in [4.78, 5) is 26.1. The van der Waals surface area contributed by atoms with Crippen molar-refractivity contribution in [3.8, 4) is 11.5 Å². The highest BCUT2D eigenvalue weighted by Crippen LogP contribution is 2.28. The van der Waals surface area contributed by atoms with E-state index in [1.165, 1.54) is 0 Å². The molecule has 4 bridgehead atoms. The van der Waals surface area contributed by atoms with E-state index in [4.69, 9.17) is 19.9 Å². The van der Waals surface area contributed by atoms with Crippen molar-refractivity contribution < 1.29 is 23.8 Å². The lowest BCUT2D eigenvalue weighted by Crippen LogP contribution is -2.44. The number of primary amides is 1. The number of benzene rings is 1. The second-order valence-electron chi connectivity index (χ2n) is 7.28. The Bertz CT molecular complexity index is 932. The van der Waals surface area contributed by atoms with Crippen molar-refractivity contribution in [2.75, 3.05) is 33.4 Å². The van der Waals surface area contributed by atoms with E-state index in [9.17, 15) is 9.59 Å². The molecule has 30 heavy (non-hydrogen) atoms. The smallest absolute Gasteiger partial charge is 0.251 e. The van der Waals surface area contributed by atoms with Gasteiger partial charge in [0, 0.05) is 18.7 Å². The van der Waals surface area contributed by atoms with Crippen LogP contribution >= 0.6 is 0 Å². The maximum Gasteiger partial charge on any atom is 0.251 e. The number of carbonyl (C=O) groups is 2. The van der Waals surface area contributed by atoms with Gasteiger partial charge in [0.05, 0.1) is 45.1 Å². The first kappa shape index (κ1) is 20.1. The molecule has 1 aromatic heterocycles. The van der Waals surface area contributed by atoms with Crippen LogP contribution in [0.25, 0.3) is 0 Å². The average molecular weight is 416 g/mol. The van der Waals surface area contributed by atoms with Gasteiger partial charge in [0.1, 0.15) is 12.3 Å². The van der Waals surface area contributed by atoms with E-state index in [-0.39, 0.29) is 31.2 Å². The Kier molecular flexibility index (Phi) is 5.81. The van der Waals surface area contributed by atoms with Gasteiger partial charge in [-0.15, -0.1) is 5.10 Å². The first-order chi connectivity index (χ1) is 14.5. The Balaban J connectivity index is 1.61. The van der Waals surface area contributed by atoms with Crippen LogP contribution in [-0.2, 0) is 22.7 Å². The quantitative estimate of drug-likeness (QED) is 0.662. The Morgan fingerprint density at radius 2 is 2.27 bits per heavy atom. The molecule has 1 fully saturated rings. The summed E-state index contributed by atoms with van der Waals surface area (Å²) < 4.78 is 18.8. The molecular weight excluding hydrogens is 392 g/mol. The van der Waals surface area contributed by atoms with E-state index in [2.05, 4.69) is 15.6 Å². The minimum atomic E-state index is -0.428. The van der Waals surface area contributed by atoms with E-state index in [1.807, 2.05) is 4.90 Å². The number of carbonyl (C=O) groups excluding carboxylic acids is 2. The van der Waals surface area contributed by atoms with Crippen molar-refractivity contribution in [3.63, 3.8) is 0 Å². The van der Waals surface area contributed by atoms with Crippen LogP contribution in [0.5, 0.6) is 11.5 Å². The number of likely N-dealkylation sites (tertiary alicyclic amines) is 1. The zero-order valence-corrected chi connectivity index (χ0v) is 16.6. The number of nitrogens with one attached hydrogen (secondary N) is 1. The molecule has 0 aliphatic carbocycles. The topological polar surface area (TPSA) is 134 Å². The highest BCUT2D eigenvalue weighted by Gasteiger charge is 2.35. The minimum absolute atomic E-state index is 0.100. The molecule has 11 nitrogen and oxygen atoms in total. The zero-order chi connectivity index (χ0) is 21.1. The molecule has 11 heteroatoms. The van der Waals surface area contributed by atoms with Crippen LogP contribution in [0.2, 0.25) is 0 Å². The monoisotopic (exact) mass is 416 g/mol. The van der Waals surface area contributed by atoms with Gasteiger partial charge in [0.2, 0.25) is 5.91 Å². The lowest BCUT2D eigenvalue weighted by molar-refractivity contribution is -0.119. The summed E-state index contributed by atoms with van der Waals surface area (Å²) in [5.74, 6) is 0.309. The second kappa shape index (κ2) is 8.67. The van der Waals surface area contributed by atoms with Gasteiger partial charge in [0.15, 0.2) is 11.5 Å². The molecule has 1 saturated heterocycles. The summed E-state index contributed by atoms with van der Waals surface area (Å²) in [6, 6.07) is 4.70. The zero-order valence-electron chi connectivity index (χ0n) is 16.6. The summed E-state index contributed by atoms with van der Waals surface area (Å²) >= 11 is 0. The van der Waals surface area contributed by atoms with Gasteiger partial charge < -0.3 is 25.3 Å². The van der Waals surface area contributed by atoms with Gasteiger partial charge in [-0.3, -0.25) is 14.5 Å². The van der Waals surface area contributed by atoms with Gasteiger partial charge in [-0.2, -0.15) is 0 Å². The molecule has 2 aromatic rings. The molecular formula is C19H24N6O5. The van der Waals surface area contributed by atoms with Crippen molar-refractivity contribution >= 4 is 11.8 Å². The summed E-state index contributed by atoms with van der Waals surface area (Å²) in [7, 11) is 1.54. The van der Waals surface area contributed by atoms with Crippen LogP contribution in [0.3, 0.4) is 0 Å². The first-order valence-corrected chi connectivity index (χ1v) is 9.65. The number of aromatic nitrogens is 3. The molecule has 0 unspecified atom stereocenters. The molecule has 2 amide bonds. The molecule has 0 radical (unpaired) electrons. The van der Waals surface area contributed by atoms with E-state index < -0.39 is 5.91 Å². The van der Waals surface area contributed by atoms with E-state index in [0.29, 0.717) is 49.0 Å². The highest BCUT2D eigenvalue weighted by molar-refractivity contribution is 5.95. The third-order valence-electron chi connectivity index (χ3n) is 5.07. The minimum Gasteiger partial charge on any atom is -0.493 e. The molecule has 2 aliphatic rings. The van der Waals surface area contributed by atoms with Crippen molar-refractivity contribution in [2.24, 2.45) is 5.73 Å².